The third-order valence-corrected chi connectivity index (χ3v) is 4.00. The molecule has 2 N–H and O–H groups in total. The van der Waals surface area contributed by atoms with E-state index in [2.05, 4.69) is 4.98 Å². The Morgan fingerprint density at radius 1 is 1.15 bits per heavy atom. The lowest BCUT2D eigenvalue weighted by atomic mass is 10.0. The molecular weight excluding hydrogens is 334 g/mol. The van der Waals surface area contributed by atoms with E-state index < -0.39 is 18.0 Å². The van der Waals surface area contributed by atoms with Crippen LogP contribution in [-0.4, -0.2) is 34.7 Å². The minimum absolute atomic E-state index is 0.0511. The number of H-pyrrole nitrogens is 1. The standard InChI is InChI=1S/C20H19NO5/c1-2-25-20(24)16-6-4-3-5-13(16)12-18(19(22)23)26-15-7-8-17-14(11-15)9-10-21-17/h3-11,18,21H,2,12H2,1H3,(H,22,23). The molecule has 2 aromatic carbocycles. The van der Waals surface area contributed by atoms with E-state index in [1.165, 1.54) is 0 Å². The fourth-order valence-corrected chi connectivity index (χ4v) is 2.75. The second-order valence-electron chi connectivity index (χ2n) is 5.75. The van der Waals surface area contributed by atoms with Crippen LogP contribution in [0.4, 0.5) is 0 Å². The molecule has 0 spiro atoms. The lowest BCUT2D eigenvalue weighted by Crippen LogP contribution is -2.30. The van der Waals surface area contributed by atoms with Crippen molar-refractivity contribution >= 4 is 22.8 Å². The van der Waals surface area contributed by atoms with Crippen molar-refractivity contribution in [2.24, 2.45) is 0 Å². The number of nitrogens with one attached hydrogen (secondary N) is 1. The Morgan fingerprint density at radius 3 is 2.73 bits per heavy atom. The van der Waals surface area contributed by atoms with Crippen LogP contribution in [0.25, 0.3) is 10.9 Å². The predicted molar refractivity (Wildman–Crippen MR) is 96.5 cm³/mol. The van der Waals surface area contributed by atoms with Gasteiger partial charge in [0.1, 0.15) is 5.75 Å². The average molecular weight is 353 g/mol. The van der Waals surface area contributed by atoms with Crippen molar-refractivity contribution in [2.75, 3.05) is 6.61 Å². The molecule has 0 bridgehead atoms. The van der Waals surface area contributed by atoms with Crippen molar-refractivity contribution in [1.29, 1.82) is 0 Å². The summed E-state index contributed by atoms with van der Waals surface area (Å²) in [6.45, 7) is 1.98. The summed E-state index contributed by atoms with van der Waals surface area (Å²) < 4.78 is 10.7. The van der Waals surface area contributed by atoms with Crippen molar-refractivity contribution in [1.82, 2.24) is 4.98 Å². The lowest BCUT2D eigenvalue weighted by molar-refractivity contribution is -0.145. The van der Waals surface area contributed by atoms with Gasteiger partial charge in [-0.05, 0) is 42.8 Å². The van der Waals surface area contributed by atoms with Gasteiger partial charge >= 0.3 is 11.9 Å². The molecule has 0 fully saturated rings. The molecule has 0 aliphatic carbocycles. The van der Waals surface area contributed by atoms with Crippen LogP contribution in [0, 0.1) is 0 Å². The van der Waals surface area contributed by atoms with Crippen molar-refractivity contribution in [2.45, 2.75) is 19.4 Å². The first kappa shape index (κ1) is 17.5. The number of ether oxygens (including phenoxy) is 2. The van der Waals surface area contributed by atoms with Crippen LogP contribution in [0.5, 0.6) is 5.75 Å². The molecule has 0 aliphatic heterocycles. The van der Waals surface area contributed by atoms with Crippen LogP contribution in [0.3, 0.4) is 0 Å². The summed E-state index contributed by atoms with van der Waals surface area (Å²) >= 11 is 0. The molecule has 1 aromatic heterocycles. The van der Waals surface area contributed by atoms with Crippen LogP contribution in [0.1, 0.15) is 22.8 Å². The summed E-state index contributed by atoms with van der Waals surface area (Å²) in [6, 6.07) is 14.0. The van der Waals surface area contributed by atoms with Gasteiger partial charge in [-0.1, -0.05) is 18.2 Å². The van der Waals surface area contributed by atoms with Crippen molar-refractivity contribution in [3.05, 3.63) is 65.9 Å². The van der Waals surface area contributed by atoms with Gasteiger partial charge in [0.25, 0.3) is 0 Å². The first-order valence-electron chi connectivity index (χ1n) is 8.30. The molecule has 1 atom stereocenters. The van der Waals surface area contributed by atoms with Crippen LogP contribution in [0.2, 0.25) is 0 Å². The van der Waals surface area contributed by atoms with Gasteiger partial charge in [0.05, 0.1) is 12.2 Å². The molecule has 0 amide bonds. The maximum absolute atomic E-state index is 12.1. The van der Waals surface area contributed by atoms with Crippen molar-refractivity contribution in [3.8, 4) is 5.75 Å². The highest BCUT2D eigenvalue weighted by Crippen LogP contribution is 2.22. The van der Waals surface area contributed by atoms with Gasteiger partial charge in [-0.25, -0.2) is 9.59 Å². The number of hydrogen-bond acceptors (Lipinski definition) is 4. The highest BCUT2D eigenvalue weighted by atomic mass is 16.5. The van der Waals surface area contributed by atoms with E-state index in [1.54, 1.807) is 49.5 Å². The normalized spacial score (nSPS) is 11.9. The summed E-state index contributed by atoms with van der Waals surface area (Å²) in [6.07, 6.45) is 0.732. The molecule has 1 heterocycles. The molecule has 3 rings (SSSR count). The zero-order chi connectivity index (χ0) is 18.5. The third-order valence-electron chi connectivity index (χ3n) is 4.00. The second-order valence-corrected chi connectivity index (χ2v) is 5.75. The molecule has 6 heteroatoms. The number of aromatic amines is 1. The van der Waals surface area contributed by atoms with Crippen LogP contribution in [0.15, 0.2) is 54.7 Å². The number of carboxylic acids is 1. The van der Waals surface area contributed by atoms with Crippen LogP contribution in [-0.2, 0) is 16.0 Å². The van der Waals surface area contributed by atoms with Crippen molar-refractivity contribution in [3.63, 3.8) is 0 Å². The minimum atomic E-state index is -1.12. The molecule has 0 saturated carbocycles. The van der Waals surface area contributed by atoms with E-state index in [0.717, 1.165) is 10.9 Å². The predicted octanol–water partition coefficient (Wildman–Crippen LogP) is 3.42. The molecule has 1 unspecified atom stereocenters. The average Bonchev–Trinajstić information content (AvgIpc) is 3.09. The first-order valence-corrected chi connectivity index (χ1v) is 8.30. The number of aliphatic carboxylic acids is 1. The van der Waals surface area contributed by atoms with Gasteiger partial charge < -0.3 is 19.6 Å². The van der Waals surface area contributed by atoms with Gasteiger partial charge in [-0.15, -0.1) is 0 Å². The smallest absolute Gasteiger partial charge is 0.345 e. The number of benzene rings is 2. The fourth-order valence-electron chi connectivity index (χ4n) is 2.75. The summed E-state index contributed by atoms with van der Waals surface area (Å²) in [4.78, 5) is 26.8. The largest absolute Gasteiger partial charge is 0.478 e. The molecule has 0 saturated heterocycles. The molecule has 6 nitrogen and oxygen atoms in total. The third kappa shape index (κ3) is 3.85. The second kappa shape index (κ2) is 7.74. The minimum Gasteiger partial charge on any atom is -0.478 e. The Bertz CT molecular complexity index is 931. The van der Waals surface area contributed by atoms with Gasteiger partial charge in [0.2, 0.25) is 0 Å². The number of fused-ring (bicyclic) bond motifs is 1. The Morgan fingerprint density at radius 2 is 1.96 bits per heavy atom. The highest BCUT2D eigenvalue weighted by Gasteiger charge is 2.23. The molecular formula is C20H19NO5. The van der Waals surface area contributed by atoms with E-state index in [4.69, 9.17) is 9.47 Å². The van der Waals surface area contributed by atoms with E-state index in [0.29, 0.717) is 16.9 Å². The zero-order valence-corrected chi connectivity index (χ0v) is 14.3. The quantitative estimate of drug-likeness (QED) is 0.635. The SMILES string of the molecule is CCOC(=O)c1ccccc1CC(Oc1ccc2[nH]ccc2c1)C(=O)O. The van der Waals surface area contributed by atoms with E-state index >= 15 is 0 Å². The summed E-state index contributed by atoms with van der Waals surface area (Å²) in [5.41, 5.74) is 1.86. The topological polar surface area (TPSA) is 88.6 Å². The highest BCUT2D eigenvalue weighted by molar-refractivity contribution is 5.91. The van der Waals surface area contributed by atoms with Gasteiger partial charge in [0.15, 0.2) is 6.10 Å². The molecule has 134 valence electrons. The Kier molecular flexibility index (Phi) is 5.22. The molecule has 0 radical (unpaired) electrons. The first-order chi connectivity index (χ1) is 12.6. The van der Waals surface area contributed by atoms with Crippen LogP contribution < -0.4 is 4.74 Å². The fraction of sp³-hybridized carbons (Fsp3) is 0.200. The van der Waals surface area contributed by atoms with Crippen LogP contribution >= 0.6 is 0 Å². The maximum atomic E-state index is 12.1. The number of hydrogen-bond donors (Lipinski definition) is 2. The van der Waals surface area contributed by atoms with Gasteiger partial charge in [0, 0.05) is 23.5 Å². The monoisotopic (exact) mass is 353 g/mol. The number of rotatable bonds is 7. The van der Waals surface area contributed by atoms with Crippen molar-refractivity contribution < 1.29 is 24.2 Å². The Balaban J connectivity index is 1.83. The molecule has 26 heavy (non-hydrogen) atoms. The number of carbonyl (C=O) groups excluding carboxylic acids is 1. The summed E-state index contributed by atoms with van der Waals surface area (Å²) in [7, 11) is 0. The number of aromatic nitrogens is 1. The van der Waals surface area contributed by atoms with E-state index in [9.17, 15) is 14.7 Å². The zero-order valence-electron chi connectivity index (χ0n) is 14.3. The summed E-state index contributed by atoms with van der Waals surface area (Å²) in [5, 5.41) is 10.5. The van der Waals surface area contributed by atoms with Gasteiger partial charge in [-0.2, -0.15) is 0 Å². The number of carbonyl (C=O) groups is 2. The Hall–Kier alpha value is -3.28. The Labute approximate surface area is 150 Å². The number of esters is 1. The van der Waals surface area contributed by atoms with E-state index in [1.807, 2.05) is 12.1 Å². The number of carboxylic acid groups (broad SMARTS) is 1. The van der Waals surface area contributed by atoms with E-state index in [-0.39, 0.29) is 13.0 Å². The lowest BCUT2D eigenvalue weighted by Gasteiger charge is -2.17. The maximum Gasteiger partial charge on any atom is 0.345 e. The molecule has 3 aromatic rings. The van der Waals surface area contributed by atoms with Gasteiger partial charge in [-0.3, -0.25) is 0 Å². The summed E-state index contributed by atoms with van der Waals surface area (Å²) in [5.74, 6) is -1.11. The molecule has 0 aliphatic rings.